The molecule has 8 nitrogen and oxygen atoms in total. The third-order valence-corrected chi connectivity index (χ3v) is 3.99. The fourth-order valence-electron chi connectivity index (χ4n) is 1.79. The quantitative estimate of drug-likeness (QED) is 0.749. The van der Waals surface area contributed by atoms with E-state index in [-0.39, 0.29) is 11.4 Å². The first-order chi connectivity index (χ1) is 10.4. The van der Waals surface area contributed by atoms with Gasteiger partial charge in [-0.25, -0.2) is 13.2 Å². The van der Waals surface area contributed by atoms with E-state index < -0.39 is 27.8 Å². The van der Waals surface area contributed by atoms with Crippen LogP contribution in [0.3, 0.4) is 0 Å². The minimum Gasteiger partial charge on any atom is -0.312 e. The molecule has 0 aliphatic carbocycles. The Balaban J connectivity index is 2.30. The Kier molecular flexibility index (Phi) is 4.56. The molecule has 0 bridgehead atoms. The average Bonchev–Trinajstić information content (AvgIpc) is 2.47. The lowest BCUT2D eigenvalue weighted by molar-refractivity contribution is 0.540. The Labute approximate surface area is 125 Å². The molecule has 0 spiro atoms. The number of H-pyrrole nitrogens is 1. The zero-order valence-corrected chi connectivity index (χ0v) is 12.1. The number of aromatic amines is 1. The minimum atomic E-state index is -3.84. The van der Waals surface area contributed by atoms with Crippen LogP contribution in [0.25, 0.3) is 0 Å². The van der Waals surface area contributed by atoms with Crippen molar-refractivity contribution >= 4 is 22.0 Å². The van der Waals surface area contributed by atoms with E-state index in [0.717, 1.165) is 6.20 Å². The van der Waals surface area contributed by atoms with Gasteiger partial charge >= 0.3 is 5.69 Å². The zero-order chi connectivity index (χ0) is 16.2. The fraction of sp³-hybridized carbons (Fsp3) is 0.154. The van der Waals surface area contributed by atoms with Crippen LogP contribution in [-0.4, -0.2) is 24.3 Å². The van der Waals surface area contributed by atoms with Crippen LogP contribution in [0.2, 0.25) is 0 Å². The molecule has 2 aromatic rings. The molecule has 0 amide bonds. The molecule has 2 rings (SSSR count). The van der Waals surface area contributed by atoms with Gasteiger partial charge in [0.2, 0.25) is 16.3 Å². The summed E-state index contributed by atoms with van der Waals surface area (Å²) >= 11 is 0. The van der Waals surface area contributed by atoms with Gasteiger partial charge in [-0.3, -0.25) is 18.9 Å². The predicted octanol–water partition coefficient (Wildman–Crippen LogP) is -0.412. The number of aromatic nitrogens is 2. The Hall–Kier alpha value is -2.68. The van der Waals surface area contributed by atoms with Gasteiger partial charge in [-0.1, -0.05) is 30.3 Å². The van der Waals surface area contributed by atoms with E-state index in [4.69, 9.17) is 0 Å². The van der Waals surface area contributed by atoms with E-state index in [1.165, 1.54) is 6.29 Å². The number of sulfonamides is 1. The lowest BCUT2D eigenvalue weighted by Gasteiger charge is -2.08. The van der Waals surface area contributed by atoms with Gasteiger partial charge in [0.25, 0.3) is 5.56 Å². The summed E-state index contributed by atoms with van der Waals surface area (Å²) in [7, 11) is -3.84. The van der Waals surface area contributed by atoms with Crippen molar-refractivity contribution in [2.24, 2.45) is 0 Å². The highest BCUT2D eigenvalue weighted by atomic mass is 32.2. The number of anilines is 1. The molecule has 0 saturated heterocycles. The summed E-state index contributed by atoms with van der Waals surface area (Å²) in [6, 6.07) is 8.40. The lowest BCUT2D eigenvalue weighted by Crippen LogP contribution is -2.37. The third-order valence-electron chi connectivity index (χ3n) is 2.75. The van der Waals surface area contributed by atoms with E-state index in [1.54, 1.807) is 30.3 Å². The monoisotopic (exact) mass is 322 g/mol. The van der Waals surface area contributed by atoms with Gasteiger partial charge in [0.05, 0.1) is 12.3 Å². The highest BCUT2D eigenvalue weighted by Gasteiger charge is 2.15. The first kappa shape index (κ1) is 15.7. The maximum absolute atomic E-state index is 12.0. The summed E-state index contributed by atoms with van der Waals surface area (Å²) in [6.07, 6.45) is 2.36. The van der Waals surface area contributed by atoms with Crippen LogP contribution in [0.1, 0.15) is 5.56 Å². The van der Waals surface area contributed by atoms with Gasteiger partial charge in [0, 0.05) is 6.20 Å². The predicted molar refractivity (Wildman–Crippen MR) is 79.7 cm³/mol. The molecular weight excluding hydrogens is 310 g/mol. The number of hydrogen-bond donors (Lipinski definition) is 2. The molecule has 0 atom stereocenters. The molecule has 0 fully saturated rings. The Morgan fingerprint density at radius 2 is 1.86 bits per heavy atom. The van der Waals surface area contributed by atoms with Crippen molar-refractivity contribution in [3.63, 3.8) is 0 Å². The molecule has 9 heteroatoms. The molecule has 1 heterocycles. The normalized spacial score (nSPS) is 11.1. The van der Waals surface area contributed by atoms with E-state index in [1.807, 2.05) is 0 Å². The van der Waals surface area contributed by atoms with Crippen LogP contribution >= 0.6 is 0 Å². The van der Waals surface area contributed by atoms with Crippen LogP contribution in [0.15, 0.2) is 46.1 Å². The van der Waals surface area contributed by atoms with Crippen molar-refractivity contribution in [3.8, 4) is 0 Å². The number of carbonyl (C=O) groups excluding carboxylic acids is 1. The molecule has 22 heavy (non-hydrogen) atoms. The highest BCUT2D eigenvalue weighted by Crippen LogP contribution is 2.08. The maximum Gasteiger partial charge on any atom is 0.328 e. The van der Waals surface area contributed by atoms with Crippen molar-refractivity contribution in [2.45, 2.75) is 12.3 Å². The van der Waals surface area contributed by atoms with Crippen LogP contribution < -0.4 is 16.0 Å². The summed E-state index contributed by atoms with van der Waals surface area (Å²) in [5.74, 6) is -0.327. The molecule has 1 aromatic heterocycles. The Bertz CT molecular complexity index is 884. The molecular formula is C13H12N3O5S. The van der Waals surface area contributed by atoms with E-state index >= 15 is 0 Å². The summed E-state index contributed by atoms with van der Waals surface area (Å²) < 4.78 is 26.7. The Morgan fingerprint density at radius 1 is 1.18 bits per heavy atom. The van der Waals surface area contributed by atoms with E-state index in [2.05, 4.69) is 9.71 Å². The number of rotatable bonds is 6. The summed E-state index contributed by atoms with van der Waals surface area (Å²) in [6.45, 7) is -0.581. The minimum absolute atomic E-state index is 0.327. The van der Waals surface area contributed by atoms with Gasteiger partial charge in [-0.15, -0.1) is 0 Å². The van der Waals surface area contributed by atoms with E-state index in [9.17, 15) is 22.8 Å². The zero-order valence-electron chi connectivity index (χ0n) is 11.3. The van der Waals surface area contributed by atoms with Crippen molar-refractivity contribution in [1.82, 2.24) is 9.55 Å². The first-order valence-electron chi connectivity index (χ1n) is 6.15. The molecule has 0 unspecified atom stereocenters. The van der Waals surface area contributed by atoms with Crippen molar-refractivity contribution in [3.05, 3.63) is 62.9 Å². The Morgan fingerprint density at radius 3 is 2.50 bits per heavy atom. The number of benzene rings is 1. The second-order valence-corrected chi connectivity index (χ2v) is 6.11. The van der Waals surface area contributed by atoms with Crippen LogP contribution in [0, 0.1) is 0 Å². The van der Waals surface area contributed by atoms with Crippen molar-refractivity contribution < 1.29 is 13.2 Å². The van der Waals surface area contributed by atoms with Gasteiger partial charge in [0.1, 0.15) is 5.69 Å². The summed E-state index contributed by atoms with van der Waals surface area (Å²) in [5, 5.41) is 0. The largest absolute Gasteiger partial charge is 0.328 e. The topological polar surface area (TPSA) is 118 Å². The van der Waals surface area contributed by atoms with Crippen molar-refractivity contribution in [1.29, 1.82) is 0 Å². The summed E-state index contributed by atoms with van der Waals surface area (Å²) in [4.78, 5) is 35.9. The molecule has 0 aliphatic heterocycles. The van der Waals surface area contributed by atoms with Crippen molar-refractivity contribution in [2.75, 3.05) is 4.72 Å². The molecule has 115 valence electrons. The molecule has 1 aromatic carbocycles. The molecule has 1 radical (unpaired) electrons. The average molecular weight is 322 g/mol. The maximum atomic E-state index is 12.0. The van der Waals surface area contributed by atoms with Crippen LogP contribution in [-0.2, 0) is 27.1 Å². The van der Waals surface area contributed by atoms with E-state index in [0.29, 0.717) is 10.1 Å². The van der Waals surface area contributed by atoms with Gasteiger partial charge in [0.15, 0.2) is 0 Å². The van der Waals surface area contributed by atoms with Gasteiger partial charge < -0.3 is 4.98 Å². The van der Waals surface area contributed by atoms with Crippen LogP contribution in [0.4, 0.5) is 5.69 Å². The second-order valence-electron chi connectivity index (χ2n) is 4.39. The van der Waals surface area contributed by atoms with Crippen LogP contribution in [0.5, 0.6) is 0 Å². The second kappa shape index (κ2) is 6.39. The van der Waals surface area contributed by atoms with Gasteiger partial charge in [-0.2, -0.15) is 0 Å². The first-order valence-corrected chi connectivity index (χ1v) is 7.80. The molecule has 2 N–H and O–H groups in total. The molecule has 0 saturated carbocycles. The number of hydrogen-bond acceptors (Lipinski definition) is 5. The SMILES string of the molecule is O=[C]Cn1c(=O)[nH]cc(NS(=O)(=O)Cc2ccccc2)c1=O. The number of nitrogens with zero attached hydrogens (tertiary/aromatic N) is 1. The van der Waals surface area contributed by atoms with Gasteiger partial charge in [-0.05, 0) is 5.56 Å². The fourth-order valence-corrected chi connectivity index (χ4v) is 2.97. The third kappa shape index (κ3) is 3.70. The lowest BCUT2D eigenvalue weighted by atomic mass is 10.2. The summed E-state index contributed by atoms with van der Waals surface area (Å²) in [5.41, 5.74) is -1.53. The molecule has 0 aliphatic rings. The highest BCUT2D eigenvalue weighted by molar-refractivity contribution is 7.91. The standard InChI is InChI=1S/C13H12N3O5S/c17-7-6-16-12(18)11(8-14-13(16)19)15-22(20,21)9-10-4-2-1-3-5-10/h1-5,8,15H,6,9H2,(H,14,19). The smallest absolute Gasteiger partial charge is 0.312 e. The number of nitrogens with one attached hydrogen (secondary N) is 2.